The second-order valence-electron chi connectivity index (χ2n) is 8.45. The van der Waals surface area contributed by atoms with Gasteiger partial charge in [-0.05, 0) is 51.5 Å². The lowest BCUT2D eigenvalue weighted by molar-refractivity contribution is 0.0900. The first kappa shape index (κ1) is 20.8. The van der Waals surface area contributed by atoms with Gasteiger partial charge in [0.25, 0.3) is 5.91 Å². The van der Waals surface area contributed by atoms with Crippen LogP contribution in [-0.4, -0.2) is 67.3 Å². The molecule has 1 aliphatic carbocycles. The van der Waals surface area contributed by atoms with Crippen LogP contribution in [0.25, 0.3) is 0 Å². The van der Waals surface area contributed by atoms with Gasteiger partial charge in [0.05, 0.1) is 5.75 Å². The Bertz CT molecular complexity index is 808. The highest BCUT2D eigenvalue weighted by molar-refractivity contribution is 7.89. The lowest BCUT2D eigenvalue weighted by Gasteiger charge is -2.38. The van der Waals surface area contributed by atoms with Gasteiger partial charge in [0, 0.05) is 43.2 Å². The van der Waals surface area contributed by atoms with Gasteiger partial charge in [-0.3, -0.25) is 4.79 Å². The molecule has 4 rings (SSSR count). The van der Waals surface area contributed by atoms with Crippen molar-refractivity contribution < 1.29 is 17.7 Å². The number of sulfonamides is 1. The van der Waals surface area contributed by atoms with Gasteiger partial charge in [0.1, 0.15) is 5.76 Å². The fourth-order valence-electron chi connectivity index (χ4n) is 4.63. The van der Waals surface area contributed by atoms with Crippen LogP contribution in [0, 0.1) is 0 Å². The molecule has 4 N–H and O–H groups in total. The van der Waals surface area contributed by atoms with Gasteiger partial charge in [-0.15, -0.1) is 0 Å². The van der Waals surface area contributed by atoms with E-state index in [9.17, 15) is 13.2 Å². The summed E-state index contributed by atoms with van der Waals surface area (Å²) in [6.07, 6.45) is 5.79. The van der Waals surface area contributed by atoms with E-state index in [2.05, 4.69) is 15.8 Å². The van der Waals surface area contributed by atoms with E-state index in [-0.39, 0.29) is 29.8 Å². The van der Waals surface area contributed by atoms with Crippen molar-refractivity contribution in [1.29, 1.82) is 0 Å². The van der Waals surface area contributed by atoms with Crippen molar-refractivity contribution >= 4 is 15.9 Å². The Kier molecular flexibility index (Phi) is 6.24. The Hall–Kier alpha value is -1.49. The Labute approximate surface area is 171 Å². The molecule has 162 valence electrons. The summed E-state index contributed by atoms with van der Waals surface area (Å²) in [6, 6.07) is 1.65. The van der Waals surface area contributed by atoms with Crippen LogP contribution in [0.5, 0.6) is 0 Å². The zero-order valence-corrected chi connectivity index (χ0v) is 17.5. The van der Waals surface area contributed by atoms with Crippen molar-refractivity contribution in [2.75, 3.05) is 25.4 Å². The van der Waals surface area contributed by atoms with Crippen LogP contribution in [0.4, 0.5) is 0 Å². The van der Waals surface area contributed by atoms with Crippen LogP contribution in [0.2, 0.25) is 0 Å². The molecule has 0 spiro atoms. The predicted octanol–water partition coefficient (Wildman–Crippen LogP) is 0.545. The fraction of sp³-hybridized carbons (Fsp3) is 0.789. The van der Waals surface area contributed by atoms with E-state index in [1.165, 1.54) is 0 Å². The summed E-state index contributed by atoms with van der Waals surface area (Å²) in [5, 5.41) is 10.1. The topological polar surface area (TPSA) is 131 Å². The van der Waals surface area contributed by atoms with Crippen molar-refractivity contribution in [3.63, 3.8) is 0 Å². The SMILES string of the molecule is NCCNCCCS(=O)(=O)N1[C@@H]2CC[C@H]1CC(NC(=O)c1cc(C3CC3)on1)C2. The molecule has 1 saturated carbocycles. The summed E-state index contributed by atoms with van der Waals surface area (Å²) in [5.41, 5.74) is 5.75. The van der Waals surface area contributed by atoms with Gasteiger partial charge in [-0.1, -0.05) is 5.16 Å². The van der Waals surface area contributed by atoms with Crippen molar-refractivity contribution in [2.24, 2.45) is 5.73 Å². The second-order valence-corrected chi connectivity index (χ2v) is 10.4. The number of aromatic nitrogens is 1. The van der Waals surface area contributed by atoms with Crippen molar-refractivity contribution in [3.05, 3.63) is 17.5 Å². The molecule has 3 atom stereocenters. The van der Waals surface area contributed by atoms with Crippen molar-refractivity contribution in [1.82, 2.24) is 20.1 Å². The molecule has 2 bridgehead atoms. The van der Waals surface area contributed by atoms with Crippen LogP contribution in [-0.2, 0) is 10.0 Å². The third-order valence-electron chi connectivity index (χ3n) is 6.14. The number of carbonyl (C=O) groups excluding carboxylic acids is 1. The molecule has 10 heteroatoms. The van der Waals surface area contributed by atoms with E-state index in [0.717, 1.165) is 31.4 Å². The lowest BCUT2D eigenvalue weighted by Crippen LogP contribution is -2.53. The third-order valence-corrected chi connectivity index (χ3v) is 8.18. The molecule has 3 heterocycles. The largest absolute Gasteiger partial charge is 0.360 e. The molecule has 3 fully saturated rings. The average Bonchev–Trinajstić information content (AvgIpc) is 3.34. The number of nitrogens with two attached hydrogens (primary N) is 1. The van der Waals surface area contributed by atoms with Gasteiger partial charge in [-0.25, -0.2) is 8.42 Å². The Morgan fingerprint density at radius 1 is 1.21 bits per heavy atom. The maximum Gasteiger partial charge on any atom is 0.273 e. The van der Waals surface area contributed by atoms with Crippen molar-refractivity contribution in [3.8, 4) is 0 Å². The number of rotatable bonds is 10. The zero-order valence-electron chi connectivity index (χ0n) is 16.7. The fourth-order valence-corrected chi connectivity index (χ4v) is 6.65. The monoisotopic (exact) mass is 425 g/mol. The first-order valence-corrected chi connectivity index (χ1v) is 12.3. The minimum atomic E-state index is -3.29. The standard InChI is InChI=1S/C19H31N5O4S/c20-6-8-21-7-1-9-29(26,27)24-15-4-5-16(24)11-14(10-15)22-19(25)17-12-18(28-23-17)13-2-3-13/h12-16,21H,1-11,20H2,(H,22,25)/t14?,15-,16+. The Balaban J connectivity index is 1.30. The second kappa shape index (κ2) is 8.71. The van der Waals surface area contributed by atoms with E-state index < -0.39 is 10.0 Å². The maximum absolute atomic E-state index is 12.9. The van der Waals surface area contributed by atoms with Crippen LogP contribution < -0.4 is 16.4 Å². The van der Waals surface area contributed by atoms with Crippen molar-refractivity contribution in [2.45, 2.75) is 69.0 Å². The minimum Gasteiger partial charge on any atom is -0.360 e. The number of hydrogen-bond donors (Lipinski definition) is 3. The summed E-state index contributed by atoms with van der Waals surface area (Å²) in [6.45, 7) is 1.90. The minimum absolute atomic E-state index is 0.0274. The van der Waals surface area contributed by atoms with Gasteiger partial charge in [0.2, 0.25) is 10.0 Å². The van der Waals surface area contributed by atoms with Gasteiger partial charge >= 0.3 is 0 Å². The van der Waals surface area contributed by atoms with E-state index in [4.69, 9.17) is 10.3 Å². The van der Waals surface area contributed by atoms with Crippen LogP contribution in [0.15, 0.2) is 10.6 Å². The number of carbonyl (C=O) groups is 1. The van der Waals surface area contributed by atoms with E-state index in [1.807, 2.05) is 0 Å². The van der Waals surface area contributed by atoms with Gasteiger partial charge in [-0.2, -0.15) is 4.31 Å². The van der Waals surface area contributed by atoms with Crippen LogP contribution >= 0.6 is 0 Å². The van der Waals surface area contributed by atoms with Gasteiger partial charge < -0.3 is 20.9 Å². The highest BCUT2D eigenvalue weighted by Gasteiger charge is 2.46. The van der Waals surface area contributed by atoms with E-state index in [0.29, 0.717) is 50.5 Å². The summed E-state index contributed by atoms with van der Waals surface area (Å²) in [4.78, 5) is 12.5. The number of fused-ring (bicyclic) bond motifs is 2. The molecule has 3 aliphatic rings. The third kappa shape index (κ3) is 4.82. The number of amides is 1. The summed E-state index contributed by atoms with van der Waals surface area (Å²) < 4.78 is 32.7. The first-order valence-electron chi connectivity index (χ1n) is 10.7. The number of piperidine rings is 1. The molecule has 1 aromatic rings. The molecule has 0 radical (unpaired) electrons. The molecule has 1 unspecified atom stereocenters. The quantitative estimate of drug-likeness (QED) is 0.467. The first-order chi connectivity index (χ1) is 14.0. The molecule has 2 saturated heterocycles. The normalized spacial score (nSPS) is 27.3. The predicted molar refractivity (Wildman–Crippen MR) is 108 cm³/mol. The summed E-state index contributed by atoms with van der Waals surface area (Å²) in [5.74, 6) is 1.13. The van der Waals surface area contributed by atoms with Crippen LogP contribution in [0.3, 0.4) is 0 Å². The van der Waals surface area contributed by atoms with Gasteiger partial charge in [0.15, 0.2) is 5.69 Å². The number of hydrogen-bond acceptors (Lipinski definition) is 7. The molecule has 29 heavy (non-hydrogen) atoms. The highest BCUT2D eigenvalue weighted by Crippen LogP contribution is 2.40. The maximum atomic E-state index is 12.9. The molecule has 0 aromatic carbocycles. The Morgan fingerprint density at radius 3 is 2.59 bits per heavy atom. The van der Waals surface area contributed by atoms with E-state index in [1.54, 1.807) is 10.4 Å². The number of nitrogens with one attached hydrogen (secondary N) is 2. The molecule has 9 nitrogen and oxygen atoms in total. The lowest BCUT2D eigenvalue weighted by atomic mass is 9.99. The molecule has 1 aromatic heterocycles. The summed E-state index contributed by atoms with van der Waals surface area (Å²) in [7, 11) is -3.29. The molecular formula is C19H31N5O4S. The zero-order chi connectivity index (χ0) is 20.4. The van der Waals surface area contributed by atoms with E-state index >= 15 is 0 Å². The Morgan fingerprint density at radius 2 is 1.93 bits per heavy atom. The molecule has 2 aliphatic heterocycles. The van der Waals surface area contributed by atoms with Crippen LogP contribution in [0.1, 0.15) is 67.1 Å². The summed E-state index contributed by atoms with van der Waals surface area (Å²) >= 11 is 0. The average molecular weight is 426 g/mol. The highest BCUT2D eigenvalue weighted by atomic mass is 32.2. The number of nitrogens with zero attached hydrogens (tertiary/aromatic N) is 2. The molecular weight excluding hydrogens is 394 g/mol. The molecule has 1 amide bonds. The smallest absolute Gasteiger partial charge is 0.273 e.